The standard InChI is InChI=1S/C15H16BrNO2/c1-2-3-4-5-14(18)17-10-12-9-13(16)8-11-6-7-19-15(11)12/h2-5,8-9H,6-7,10H2,1H3,(H,17,18). The molecule has 4 heteroatoms. The molecule has 0 spiro atoms. The van der Waals surface area contributed by atoms with Crippen LogP contribution in [0, 0.1) is 0 Å². The van der Waals surface area contributed by atoms with E-state index in [2.05, 4.69) is 27.3 Å². The first-order valence-corrected chi connectivity index (χ1v) is 7.01. The molecule has 0 atom stereocenters. The minimum Gasteiger partial charge on any atom is -0.493 e. The Morgan fingerprint density at radius 2 is 2.32 bits per heavy atom. The number of fused-ring (bicyclic) bond motifs is 1. The van der Waals surface area contributed by atoms with Gasteiger partial charge in [-0.05, 0) is 24.6 Å². The molecule has 0 unspecified atom stereocenters. The maximum atomic E-state index is 11.6. The van der Waals surface area contributed by atoms with E-state index in [4.69, 9.17) is 4.74 Å². The molecule has 100 valence electrons. The molecule has 1 amide bonds. The zero-order valence-corrected chi connectivity index (χ0v) is 12.4. The van der Waals surface area contributed by atoms with Crippen LogP contribution in [-0.2, 0) is 17.8 Å². The highest BCUT2D eigenvalue weighted by Gasteiger charge is 2.17. The van der Waals surface area contributed by atoms with Crippen molar-refractivity contribution in [1.29, 1.82) is 0 Å². The molecule has 19 heavy (non-hydrogen) atoms. The topological polar surface area (TPSA) is 38.3 Å². The van der Waals surface area contributed by atoms with E-state index in [1.807, 2.05) is 25.1 Å². The lowest BCUT2D eigenvalue weighted by Crippen LogP contribution is -2.20. The number of amides is 1. The second-order valence-electron chi connectivity index (χ2n) is 4.25. The Labute approximate surface area is 121 Å². The van der Waals surface area contributed by atoms with Crippen molar-refractivity contribution in [1.82, 2.24) is 5.32 Å². The van der Waals surface area contributed by atoms with E-state index in [9.17, 15) is 4.79 Å². The number of halogens is 1. The number of ether oxygens (including phenoxy) is 1. The van der Waals surface area contributed by atoms with Crippen LogP contribution in [0.5, 0.6) is 5.75 Å². The predicted octanol–water partition coefficient (Wildman–Crippen LogP) is 3.13. The molecule has 0 saturated heterocycles. The van der Waals surface area contributed by atoms with Crippen LogP contribution in [0.25, 0.3) is 0 Å². The second kappa shape index (κ2) is 6.57. The van der Waals surface area contributed by atoms with E-state index in [1.165, 1.54) is 11.6 Å². The van der Waals surface area contributed by atoms with Gasteiger partial charge in [-0.3, -0.25) is 4.79 Å². The van der Waals surface area contributed by atoms with Crippen molar-refractivity contribution in [2.75, 3.05) is 6.61 Å². The summed E-state index contributed by atoms with van der Waals surface area (Å²) >= 11 is 3.48. The maximum Gasteiger partial charge on any atom is 0.244 e. The minimum atomic E-state index is -0.107. The van der Waals surface area contributed by atoms with E-state index in [0.717, 1.165) is 22.2 Å². The van der Waals surface area contributed by atoms with E-state index in [-0.39, 0.29) is 5.91 Å². The van der Waals surface area contributed by atoms with Crippen LogP contribution in [0.1, 0.15) is 18.1 Å². The highest BCUT2D eigenvalue weighted by molar-refractivity contribution is 9.10. The van der Waals surface area contributed by atoms with Gasteiger partial charge >= 0.3 is 0 Å². The van der Waals surface area contributed by atoms with Crippen LogP contribution in [0.2, 0.25) is 0 Å². The summed E-state index contributed by atoms with van der Waals surface area (Å²) in [4.78, 5) is 11.6. The summed E-state index contributed by atoms with van der Waals surface area (Å²) < 4.78 is 6.63. The van der Waals surface area contributed by atoms with Crippen LogP contribution in [0.15, 0.2) is 40.9 Å². The molecule has 0 aliphatic carbocycles. The van der Waals surface area contributed by atoms with Crippen molar-refractivity contribution in [3.8, 4) is 5.75 Å². The van der Waals surface area contributed by atoms with Crippen LogP contribution >= 0.6 is 15.9 Å². The number of hydrogen-bond acceptors (Lipinski definition) is 2. The number of carbonyl (C=O) groups is 1. The molecule has 1 heterocycles. The molecule has 1 aliphatic heterocycles. The number of nitrogens with one attached hydrogen (secondary N) is 1. The van der Waals surface area contributed by atoms with Gasteiger partial charge < -0.3 is 10.1 Å². The van der Waals surface area contributed by atoms with Gasteiger partial charge in [0.1, 0.15) is 5.75 Å². The molecule has 1 aromatic carbocycles. The average Bonchev–Trinajstić information content (AvgIpc) is 2.84. The fourth-order valence-electron chi connectivity index (χ4n) is 1.97. The molecule has 1 N–H and O–H groups in total. The van der Waals surface area contributed by atoms with E-state index in [1.54, 1.807) is 6.08 Å². The largest absolute Gasteiger partial charge is 0.493 e. The highest BCUT2D eigenvalue weighted by atomic mass is 79.9. The minimum absolute atomic E-state index is 0.107. The molecular formula is C15H16BrNO2. The normalized spacial score (nSPS) is 13.8. The second-order valence-corrected chi connectivity index (χ2v) is 5.17. The average molecular weight is 322 g/mol. The van der Waals surface area contributed by atoms with Crippen LogP contribution in [-0.4, -0.2) is 12.5 Å². The summed E-state index contributed by atoms with van der Waals surface area (Å²) in [6.07, 6.45) is 7.85. The summed E-state index contributed by atoms with van der Waals surface area (Å²) in [5, 5.41) is 2.85. The van der Waals surface area contributed by atoms with Gasteiger partial charge in [0, 0.05) is 29.1 Å². The van der Waals surface area contributed by atoms with Crippen molar-refractivity contribution in [2.24, 2.45) is 0 Å². The number of benzene rings is 1. The molecule has 1 aromatic rings. The first-order chi connectivity index (χ1) is 9.20. The summed E-state index contributed by atoms with van der Waals surface area (Å²) in [7, 11) is 0. The van der Waals surface area contributed by atoms with Crippen LogP contribution in [0.3, 0.4) is 0 Å². The molecule has 0 saturated carbocycles. The Kier molecular flexibility index (Phi) is 4.80. The van der Waals surface area contributed by atoms with Gasteiger partial charge in [0.05, 0.1) is 6.61 Å². The quantitative estimate of drug-likeness (QED) is 0.683. The Hall–Kier alpha value is -1.55. The van der Waals surface area contributed by atoms with Crippen molar-refractivity contribution < 1.29 is 9.53 Å². The Morgan fingerprint density at radius 1 is 1.47 bits per heavy atom. The van der Waals surface area contributed by atoms with Gasteiger partial charge in [-0.1, -0.05) is 34.2 Å². The zero-order valence-electron chi connectivity index (χ0n) is 10.8. The Morgan fingerprint density at radius 3 is 3.11 bits per heavy atom. The van der Waals surface area contributed by atoms with Gasteiger partial charge in [-0.15, -0.1) is 0 Å². The Bertz CT molecular complexity index is 535. The Balaban J connectivity index is 2.02. The van der Waals surface area contributed by atoms with Gasteiger partial charge in [0.2, 0.25) is 5.91 Å². The first kappa shape index (κ1) is 13.9. The zero-order chi connectivity index (χ0) is 13.7. The summed E-state index contributed by atoms with van der Waals surface area (Å²) in [5.74, 6) is 0.811. The number of rotatable bonds is 4. The molecule has 1 aliphatic rings. The first-order valence-electron chi connectivity index (χ1n) is 6.22. The summed E-state index contributed by atoms with van der Waals surface area (Å²) in [6.45, 7) is 3.10. The SMILES string of the molecule is CC=CC=CC(=O)NCc1cc(Br)cc2c1OCC2. The molecule has 3 nitrogen and oxygen atoms in total. The fraction of sp³-hybridized carbons (Fsp3) is 0.267. The molecular weight excluding hydrogens is 306 g/mol. The van der Waals surface area contributed by atoms with Gasteiger partial charge in [0.25, 0.3) is 0 Å². The number of allylic oxidation sites excluding steroid dienone is 3. The molecule has 0 radical (unpaired) electrons. The van der Waals surface area contributed by atoms with Crippen LogP contribution < -0.4 is 10.1 Å². The van der Waals surface area contributed by atoms with Crippen molar-refractivity contribution in [3.05, 3.63) is 52.0 Å². The fourth-order valence-corrected chi connectivity index (χ4v) is 2.53. The number of hydrogen-bond donors (Lipinski definition) is 1. The van der Waals surface area contributed by atoms with Gasteiger partial charge in [-0.25, -0.2) is 0 Å². The third-order valence-corrected chi connectivity index (χ3v) is 3.29. The maximum absolute atomic E-state index is 11.6. The lowest BCUT2D eigenvalue weighted by molar-refractivity contribution is -0.116. The summed E-state index contributed by atoms with van der Waals surface area (Å²) in [6, 6.07) is 4.06. The third-order valence-electron chi connectivity index (χ3n) is 2.83. The molecule has 0 bridgehead atoms. The lowest BCUT2D eigenvalue weighted by Gasteiger charge is -2.09. The molecule has 0 fully saturated rings. The highest BCUT2D eigenvalue weighted by Crippen LogP contribution is 2.32. The van der Waals surface area contributed by atoms with Gasteiger partial charge in [0.15, 0.2) is 0 Å². The molecule has 2 rings (SSSR count). The summed E-state index contributed by atoms with van der Waals surface area (Å²) in [5.41, 5.74) is 2.21. The number of carbonyl (C=O) groups excluding carboxylic acids is 1. The van der Waals surface area contributed by atoms with Crippen molar-refractivity contribution >= 4 is 21.8 Å². The smallest absolute Gasteiger partial charge is 0.244 e. The van der Waals surface area contributed by atoms with E-state index < -0.39 is 0 Å². The van der Waals surface area contributed by atoms with Crippen molar-refractivity contribution in [3.63, 3.8) is 0 Å². The third kappa shape index (κ3) is 3.70. The van der Waals surface area contributed by atoms with E-state index in [0.29, 0.717) is 13.2 Å². The van der Waals surface area contributed by atoms with Crippen molar-refractivity contribution in [2.45, 2.75) is 19.9 Å². The monoisotopic (exact) mass is 321 g/mol. The van der Waals surface area contributed by atoms with E-state index >= 15 is 0 Å². The van der Waals surface area contributed by atoms with Gasteiger partial charge in [-0.2, -0.15) is 0 Å². The van der Waals surface area contributed by atoms with Crippen LogP contribution in [0.4, 0.5) is 0 Å². The molecule has 0 aromatic heterocycles. The predicted molar refractivity (Wildman–Crippen MR) is 79.1 cm³/mol. The lowest BCUT2D eigenvalue weighted by atomic mass is 10.1.